The first-order chi connectivity index (χ1) is 11.2. The highest BCUT2D eigenvalue weighted by Gasteiger charge is 2.34. The van der Waals surface area contributed by atoms with Gasteiger partial charge in [0.15, 0.2) is 0 Å². The predicted octanol–water partition coefficient (Wildman–Crippen LogP) is 3.12. The van der Waals surface area contributed by atoms with Crippen LogP contribution in [0.2, 0.25) is 5.02 Å². The molecule has 0 unspecified atom stereocenters. The van der Waals surface area contributed by atoms with Gasteiger partial charge < -0.3 is 14.6 Å². The van der Waals surface area contributed by atoms with Crippen molar-refractivity contribution >= 4 is 28.4 Å². The van der Waals surface area contributed by atoms with Gasteiger partial charge in [-0.2, -0.15) is 0 Å². The Morgan fingerprint density at radius 2 is 2.09 bits per heavy atom. The summed E-state index contributed by atoms with van der Waals surface area (Å²) in [6.45, 7) is 1.07. The fourth-order valence-electron chi connectivity index (χ4n) is 2.71. The molecule has 2 aromatic heterocycles. The van der Waals surface area contributed by atoms with Crippen molar-refractivity contribution in [2.45, 2.75) is 6.10 Å². The van der Waals surface area contributed by atoms with E-state index in [2.05, 4.69) is 9.97 Å². The number of fused-ring (bicyclic) bond motifs is 1. The quantitative estimate of drug-likeness (QED) is 0.804. The maximum atomic E-state index is 12.6. The fraction of sp³-hybridized carbons (Fsp3) is 0.176. The van der Waals surface area contributed by atoms with Crippen LogP contribution in [0.15, 0.2) is 48.8 Å². The number of H-pyrrole nitrogens is 1. The van der Waals surface area contributed by atoms with Crippen molar-refractivity contribution in [3.8, 4) is 5.88 Å². The summed E-state index contributed by atoms with van der Waals surface area (Å²) in [4.78, 5) is 21.6. The van der Waals surface area contributed by atoms with Crippen LogP contribution in [-0.4, -0.2) is 40.0 Å². The summed E-state index contributed by atoms with van der Waals surface area (Å²) < 4.78 is 5.72. The van der Waals surface area contributed by atoms with Crippen molar-refractivity contribution < 1.29 is 9.53 Å². The average molecular weight is 328 g/mol. The second-order valence-corrected chi connectivity index (χ2v) is 5.90. The van der Waals surface area contributed by atoms with Gasteiger partial charge in [0.2, 0.25) is 5.88 Å². The van der Waals surface area contributed by atoms with E-state index in [1.165, 1.54) is 0 Å². The first-order valence-electron chi connectivity index (χ1n) is 7.35. The summed E-state index contributed by atoms with van der Waals surface area (Å²) in [5.74, 6) is 0.424. The van der Waals surface area contributed by atoms with E-state index in [1.807, 2.05) is 24.3 Å². The highest BCUT2D eigenvalue weighted by molar-refractivity contribution is 6.31. The lowest BCUT2D eigenvalue weighted by Crippen LogP contribution is -2.56. The Morgan fingerprint density at radius 3 is 2.91 bits per heavy atom. The number of nitrogens with zero attached hydrogens (tertiary/aromatic N) is 2. The van der Waals surface area contributed by atoms with Gasteiger partial charge >= 0.3 is 0 Å². The number of halogens is 1. The summed E-state index contributed by atoms with van der Waals surface area (Å²) >= 11 is 6.02. The lowest BCUT2D eigenvalue weighted by atomic mass is 10.1. The summed E-state index contributed by atoms with van der Waals surface area (Å²) in [7, 11) is 0. The van der Waals surface area contributed by atoms with Crippen LogP contribution in [0.3, 0.4) is 0 Å². The number of hydrogen-bond donors (Lipinski definition) is 1. The van der Waals surface area contributed by atoms with Crippen LogP contribution < -0.4 is 4.74 Å². The van der Waals surface area contributed by atoms with E-state index in [9.17, 15) is 4.79 Å². The summed E-state index contributed by atoms with van der Waals surface area (Å²) in [6.07, 6.45) is 3.32. The number of rotatable bonds is 3. The molecule has 116 valence electrons. The van der Waals surface area contributed by atoms with E-state index in [1.54, 1.807) is 29.4 Å². The van der Waals surface area contributed by atoms with E-state index >= 15 is 0 Å². The number of likely N-dealkylation sites (tertiary alicyclic amines) is 1. The molecule has 6 heteroatoms. The third-order valence-corrected chi connectivity index (χ3v) is 4.25. The molecule has 1 aliphatic heterocycles. The Morgan fingerprint density at radius 1 is 1.26 bits per heavy atom. The number of pyridine rings is 1. The third kappa shape index (κ3) is 2.53. The number of hydrogen-bond acceptors (Lipinski definition) is 3. The number of amides is 1. The molecular formula is C17H14ClN3O2. The number of carbonyl (C=O) groups excluding carboxylic acids is 1. The first kappa shape index (κ1) is 14.1. The van der Waals surface area contributed by atoms with Crippen molar-refractivity contribution in [2.24, 2.45) is 0 Å². The van der Waals surface area contributed by atoms with Gasteiger partial charge in [0.1, 0.15) is 11.1 Å². The number of aromatic amines is 1. The van der Waals surface area contributed by atoms with Gasteiger partial charge in [0.25, 0.3) is 5.91 Å². The lowest BCUT2D eigenvalue weighted by molar-refractivity contribution is 0.0162. The maximum absolute atomic E-state index is 12.6. The largest absolute Gasteiger partial charge is 0.470 e. The van der Waals surface area contributed by atoms with E-state index in [4.69, 9.17) is 16.3 Å². The van der Waals surface area contributed by atoms with E-state index in [0.717, 1.165) is 10.9 Å². The summed E-state index contributed by atoms with van der Waals surface area (Å²) in [5.41, 5.74) is 1.65. The van der Waals surface area contributed by atoms with E-state index in [0.29, 0.717) is 29.6 Å². The molecule has 1 saturated heterocycles. The second kappa shape index (κ2) is 5.59. The molecule has 1 fully saturated rings. The minimum absolute atomic E-state index is 0.00872. The first-order valence-corrected chi connectivity index (χ1v) is 7.73. The van der Waals surface area contributed by atoms with Gasteiger partial charge in [-0.1, -0.05) is 29.8 Å². The van der Waals surface area contributed by atoms with Crippen LogP contribution in [0.5, 0.6) is 5.88 Å². The van der Waals surface area contributed by atoms with Crippen molar-refractivity contribution in [1.29, 1.82) is 0 Å². The second-order valence-electron chi connectivity index (χ2n) is 5.49. The molecule has 23 heavy (non-hydrogen) atoms. The van der Waals surface area contributed by atoms with E-state index in [-0.39, 0.29) is 12.0 Å². The Bertz CT molecular complexity index is 871. The Balaban J connectivity index is 1.44. The number of nitrogens with one attached hydrogen (secondary N) is 1. The van der Waals surface area contributed by atoms with Gasteiger partial charge in [0.05, 0.1) is 18.7 Å². The SMILES string of the molecule is O=C(c1c[nH]c2ccccc12)N1CC(Oc2ncccc2Cl)C1. The molecule has 0 spiro atoms. The summed E-state index contributed by atoms with van der Waals surface area (Å²) in [5, 5.41) is 1.42. The molecule has 0 radical (unpaired) electrons. The third-order valence-electron chi connectivity index (χ3n) is 3.96. The van der Waals surface area contributed by atoms with Gasteiger partial charge in [-0.05, 0) is 18.2 Å². The lowest BCUT2D eigenvalue weighted by Gasteiger charge is -2.38. The van der Waals surface area contributed by atoms with Gasteiger partial charge in [0, 0.05) is 23.3 Å². The molecular weight excluding hydrogens is 314 g/mol. The minimum atomic E-state index is -0.0726. The Hall–Kier alpha value is -2.53. The smallest absolute Gasteiger partial charge is 0.256 e. The Labute approximate surface area is 137 Å². The topological polar surface area (TPSA) is 58.2 Å². The molecule has 3 heterocycles. The van der Waals surface area contributed by atoms with Crippen LogP contribution in [0.25, 0.3) is 10.9 Å². The van der Waals surface area contributed by atoms with Crippen LogP contribution >= 0.6 is 11.6 Å². The average Bonchev–Trinajstić information content (AvgIpc) is 2.95. The van der Waals surface area contributed by atoms with Crippen LogP contribution in [-0.2, 0) is 0 Å². The van der Waals surface area contributed by atoms with Crippen molar-refractivity contribution in [3.05, 3.63) is 59.4 Å². The van der Waals surface area contributed by atoms with Crippen LogP contribution in [0.1, 0.15) is 10.4 Å². The monoisotopic (exact) mass is 327 g/mol. The zero-order valence-corrected chi connectivity index (χ0v) is 13.0. The summed E-state index contributed by atoms with van der Waals surface area (Å²) in [6, 6.07) is 11.3. The highest BCUT2D eigenvalue weighted by atomic mass is 35.5. The molecule has 5 nitrogen and oxygen atoms in total. The van der Waals surface area contributed by atoms with E-state index < -0.39 is 0 Å². The molecule has 1 amide bonds. The predicted molar refractivity (Wildman–Crippen MR) is 87.9 cm³/mol. The van der Waals surface area contributed by atoms with Crippen molar-refractivity contribution in [3.63, 3.8) is 0 Å². The number of ether oxygens (including phenoxy) is 1. The van der Waals surface area contributed by atoms with Crippen LogP contribution in [0.4, 0.5) is 0 Å². The molecule has 4 rings (SSSR count). The molecule has 0 aliphatic carbocycles. The van der Waals surface area contributed by atoms with Crippen molar-refractivity contribution in [1.82, 2.24) is 14.9 Å². The molecule has 3 aromatic rings. The standard InChI is InChI=1S/C17H14ClN3O2/c18-14-5-3-7-19-16(14)23-11-9-21(10-11)17(22)13-8-20-15-6-2-1-4-12(13)15/h1-8,11,20H,9-10H2. The number of carbonyl (C=O) groups is 1. The molecule has 1 aromatic carbocycles. The van der Waals surface area contributed by atoms with Crippen LogP contribution in [0, 0.1) is 0 Å². The zero-order valence-electron chi connectivity index (χ0n) is 12.2. The minimum Gasteiger partial charge on any atom is -0.470 e. The molecule has 1 N–H and O–H groups in total. The number of aromatic nitrogens is 2. The Kier molecular flexibility index (Phi) is 3.42. The highest BCUT2D eigenvalue weighted by Crippen LogP contribution is 2.26. The van der Waals surface area contributed by atoms with Gasteiger partial charge in [-0.15, -0.1) is 0 Å². The van der Waals surface area contributed by atoms with Crippen molar-refractivity contribution in [2.75, 3.05) is 13.1 Å². The fourth-order valence-corrected chi connectivity index (χ4v) is 2.88. The van der Waals surface area contributed by atoms with Gasteiger partial charge in [-0.25, -0.2) is 4.98 Å². The number of para-hydroxylation sites is 1. The molecule has 0 bridgehead atoms. The molecule has 0 atom stereocenters. The maximum Gasteiger partial charge on any atom is 0.256 e. The zero-order chi connectivity index (χ0) is 15.8. The van der Waals surface area contributed by atoms with Gasteiger partial charge in [-0.3, -0.25) is 4.79 Å². The number of benzene rings is 1. The molecule has 0 saturated carbocycles. The normalized spacial score (nSPS) is 14.7. The molecule has 1 aliphatic rings.